The summed E-state index contributed by atoms with van der Waals surface area (Å²) < 4.78 is 36.2. The van der Waals surface area contributed by atoms with Crippen molar-refractivity contribution in [3.8, 4) is 0 Å². The number of hydrogen-bond donors (Lipinski definition) is 0. The lowest BCUT2D eigenvalue weighted by molar-refractivity contribution is -0.135. The highest BCUT2D eigenvalue weighted by Crippen LogP contribution is 2.31. The summed E-state index contributed by atoms with van der Waals surface area (Å²) >= 11 is 5.97. The maximum Gasteiger partial charge on any atom is 0.389 e. The lowest BCUT2D eigenvalue weighted by Gasteiger charge is -2.12. The number of alkyl halides is 4. The van der Waals surface area contributed by atoms with Gasteiger partial charge in [-0.3, -0.25) is 0 Å². The maximum atomic E-state index is 12.1. The van der Waals surface area contributed by atoms with E-state index in [0.29, 0.717) is 0 Å². The Kier molecular flexibility index (Phi) is 6.00. The molecule has 1 unspecified atom stereocenters. The average molecular weight is 279 g/mol. The zero-order chi connectivity index (χ0) is 13.6. The summed E-state index contributed by atoms with van der Waals surface area (Å²) in [5, 5.41) is -0.563. The Morgan fingerprint density at radius 3 is 2.28 bits per heavy atom. The van der Waals surface area contributed by atoms with Gasteiger partial charge in [0.15, 0.2) is 0 Å². The lowest BCUT2D eigenvalue weighted by atomic mass is 10.0. The molecule has 18 heavy (non-hydrogen) atoms. The minimum absolute atomic E-state index is 0.0701. The van der Waals surface area contributed by atoms with Gasteiger partial charge in [0.2, 0.25) is 0 Å². The molecule has 0 aliphatic rings. The van der Waals surface area contributed by atoms with Crippen LogP contribution in [-0.2, 0) is 6.42 Å². The van der Waals surface area contributed by atoms with E-state index in [-0.39, 0.29) is 6.42 Å². The van der Waals surface area contributed by atoms with Crippen molar-refractivity contribution in [2.24, 2.45) is 0 Å². The Morgan fingerprint density at radius 2 is 1.78 bits per heavy atom. The van der Waals surface area contributed by atoms with E-state index < -0.39 is 18.0 Å². The van der Waals surface area contributed by atoms with Crippen molar-refractivity contribution in [3.05, 3.63) is 35.4 Å². The first kappa shape index (κ1) is 15.4. The third-order valence-electron chi connectivity index (χ3n) is 2.84. The molecular formula is C14H18ClF3. The first-order valence-electron chi connectivity index (χ1n) is 6.22. The van der Waals surface area contributed by atoms with Crippen LogP contribution in [0.15, 0.2) is 24.3 Å². The van der Waals surface area contributed by atoms with Crippen LogP contribution in [-0.4, -0.2) is 6.18 Å². The van der Waals surface area contributed by atoms with Gasteiger partial charge in [0.25, 0.3) is 0 Å². The van der Waals surface area contributed by atoms with Gasteiger partial charge in [-0.15, -0.1) is 11.6 Å². The Labute approximate surface area is 111 Å². The summed E-state index contributed by atoms with van der Waals surface area (Å²) in [7, 11) is 0. The predicted octanol–water partition coefficient (Wildman–Crippen LogP) is 5.65. The molecule has 0 heterocycles. The first-order valence-corrected chi connectivity index (χ1v) is 6.65. The topological polar surface area (TPSA) is 0 Å². The maximum absolute atomic E-state index is 12.1. The molecule has 4 heteroatoms. The van der Waals surface area contributed by atoms with Gasteiger partial charge < -0.3 is 0 Å². The number of rotatable bonds is 6. The van der Waals surface area contributed by atoms with Crippen LogP contribution < -0.4 is 0 Å². The van der Waals surface area contributed by atoms with E-state index in [9.17, 15) is 13.2 Å². The van der Waals surface area contributed by atoms with E-state index in [0.717, 1.165) is 24.8 Å². The van der Waals surface area contributed by atoms with E-state index in [1.54, 1.807) is 0 Å². The molecule has 1 rings (SSSR count). The van der Waals surface area contributed by atoms with Gasteiger partial charge in [0.05, 0.1) is 5.38 Å². The third kappa shape index (κ3) is 5.76. The second-order valence-corrected chi connectivity index (χ2v) is 4.99. The standard InChI is InChI=1S/C14H18ClF3/c1-2-3-4-11-5-7-12(8-6-11)13(15)9-10-14(16,17)18/h5-8,13H,2-4,9-10H2,1H3. The predicted molar refractivity (Wildman–Crippen MR) is 68.9 cm³/mol. The van der Waals surface area contributed by atoms with Gasteiger partial charge >= 0.3 is 6.18 Å². The normalized spacial score (nSPS) is 13.6. The third-order valence-corrected chi connectivity index (χ3v) is 3.31. The van der Waals surface area contributed by atoms with Crippen LogP contribution in [0.3, 0.4) is 0 Å². The number of benzene rings is 1. The Hall–Kier alpha value is -0.700. The summed E-state index contributed by atoms with van der Waals surface area (Å²) in [6.45, 7) is 2.13. The van der Waals surface area contributed by atoms with Crippen molar-refractivity contribution in [3.63, 3.8) is 0 Å². The Bertz CT molecular complexity index is 343. The monoisotopic (exact) mass is 278 g/mol. The van der Waals surface area contributed by atoms with Crippen LogP contribution in [0.4, 0.5) is 13.2 Å². The molecule has 0 saturated heterocycles. The molecule has 0 aliphatic carbocycles. The van der Waals surface area contributed by atoms with Crippen LogP contribution in [0.1, 0.15) is 49.1 Å². The highest BCUT2D eigenvalue weighted by Gasteiger charge is 2.28. The average Bonchev–Trinajstić information content (AvgIpc) is 2.33. The van der Waals surface area contributed by atoms with Gasteiger partial charge in [0, 0.05) is 6.42 Å². The molecule has 1 aromatic carbocycles. The van der Waals surface area contributed by atoms with Gasteiger partial charge in [-0.2, -0.15) is 13.2 Å². The second-order valence-electron chi connectivity index (χ2n) is 4.47. The van der Waals surface area contributed by atoms with Crippen LogP contribution in [0, 0.1) is 0 Å². The molecule has 0 fully saturated rings. The molecule has 1 atom stereocenters. The second kappa shape index (κ2) is 7.03. The van der Waals surface area contributed by atoms with Crippen molar-refractivity contribution in [1.82, 2.24) is 0 Å². The zero-order valence-electron chi connectivity index (χ0n) is 10.4. The zero-order valence-corrected chi connectivity index (χ0v) is 11.2. The summed E-state index contributed by atoms with van der Waals surface area (Å²) in [6.07, 6.45) is -1.78. The molecule has 0 aromatic heterocycles. The number of aryl methyl sites for hydroxylation is 1. The SMILES string of the molecule is CCCCc1ccc(C(Cl)CCC(F)(F)F)cc1. The van der Waals surface area contributed by atoms with Crippen LogP contribution >= 0.6 is 11.6 Å². The highest BCUT2D eigenvalue weighted by atomic mass is 35.5. The molecule has 0 spiro atoms. The van der Waals surface area contributed by atoms with Gasteiger partial charge in [-0.1, -0.05) is 37.6 Å². The fraction of sp³-hybridized carbons (Fsp3) is 0.571. The van der Waals surface area contributed by atoms with Gasteiger partial charge in [0.1, 0.15) is 0 Å². The van der Waals surface area contributed by atoms with E-state index in [1.165, 1.54) is 5.56 Å². The molecule has 0 saturated carbocycles. The van der Waals surface area contributed by atoms with E-state index in [4.69, 9.17) is 11.6 Å². The van der Waals surface area contributed by atoms with E-state index >= 15 is 0 Å². The smallest absolute Gasteiger partial charge is 0.171 e. The minimum atomic E-state index is -4.13. The fourth-order valence-corrected chi connectivity index (χ4v) is 1.99. The lowest BCUT2D eigenvalue weighted by Crippen LogP contribution is -2.08. The Morgan fingerprint density at radius 1 is 1.17 bits per heavy atom. The van der Waals surface area contributed by atoms with Crippen molar-refractivity contribution >= 4 is 11.6 Å². The summed E-state index contributed by atoms with van der Waals surface area (Å²) in [4.78, 5) is 0. The molecule has 0 N–H and O–H groups in total. The van der Waals surface area contributed by atoms with Crippen molar-refractivity contribution < 1.29 is 13.2 Å². The molecule has 0 nitrogen and oxygen atoms in total. The van der Waals surface area contributed by atoms with Crippen molar-refractivity contribution in [2.75, 3.05) is 0 Å². The van der Waals surface area contributed by atoms with Gasteiger partial charge in [-0.05, 0) is 30.4 Å². The van der Waals surface area contributed by atoms with Crippen LogP contribution in [0.2, 0.25) is 0 Å². The molecule has 1 aromatic rings. The molecule has 0 radical (unpaired) electrons. The number of halogens is 4. The van der Waals surface area contributed by atoms with Gasteiger partial charge in [-0.25, -0.2) is 0 Å². The molecule has 0 aliphatic heterocycles. The summed E-state index contributed by atoms with van der Waals surface area (Å²) in [5.41, 5.74) is 1.97. The Balaban J connectivity index is 2.51. The largest absolute Gasteiger partial charge is 0.389 e. The quantitative estimate of drug-likeness (QED) is 0.590. The molecule has 0 amide bonds. The molecular weight excluding hydrogens is 261 g/mol. The first-order chi connectivity index (χ1) is 8.42. The number of hydrogen-bond acceptors (Lipinski definition) is 0. The summed E-state index contributed by atoms with van der Waals surface area (Å²) in [6, 6.07) is 7.57. The minimum Gasteiger partial charge on any atom is -0.171 e. The number of unbranched alkanes of at least 4 members (excludes halogenated alkanes) is 1. The fourth-order valence-electron chi connectivity index (χ4n) is 1.73. The van der Waals surface area contributed by atoms with Crippen LogP contribution in [0.25, 0.3) is 0 Å². The molecule has 0 bridgehead atoms. The summed E-state index contributed by atoms with van der Waals surface area (Å²) in [5.74, 6) is 0. The molecule has 102 valence electrons. The van der Waals surface area contributed by atoms with Crippen molar-refractivity contribution in [1.29, 1.82) is 0 Å². The van der Waals surface area contributed by atoms with E-state index in [1.807, 2.05) is 24.3 Å². The highest BCUT2D eigenvalue weighted by molar-refractivity contribution is 6.20. The van der Waals surface area contributed by atoms with Crippen LogP contribution in [0.5, 0.6) is 0 Å². The van der Waals surface area contributed by atoms with E-state index in [2.05, 4.69) is 6.92 Å². The van der Waals surface area contributed by atoms with Crippen molar-refractivity contribution in [2.45, 2.75) is 50.6 Å².